The van der Waals surface area contributed by atoms with E-state index in [1.807, 2.05) is 6.07 Å². The molecule has 0 bridgehead atoms. The standard InChI is InChI=1S/C24H42N6O2/c1-5-25-24(26-8-10-29-13-11-28(6-2)12-14-29)27-21-7-9-30(19-21)18-20-15-22(31-3)17-23(16-20)32-4/h15-17,21H,5-14,18-19H2,1-4H3,(H2,25,26,27). The Hall–Kier alpha value is -2.03. The molecule has 0 radical (unpaired) electrons. The van der Waals surface area contributed by atoms with Crippen molar-refractivity contribution in [1.82, 2.24) is 25.3 Å². The van der Waals surface area contributed by atoms with E-state index in [-0.39, 0.29) is 0 Å². The Labute approximate surface area is 193 Å². The Kier molecular flexibility index (Phi) is 9.89. The third kappa shape index (κ3) is 7.53. The molecule has 2 N–H and O–H groups in total. The van der Waals surface area contributed by atoms with Gasteiger partial charge < -0.3 is 25.0 Å². The molecule has 3 rings (SSSR count). The molecule has 32 heavy (non-hydrogen) atoms. The van der Waals surface area contributed by atoms with Crippen LogP contribution in [-0.4, -0.2) is 106 Å². The zero-order chi connectivity index (χ0) is 22.8. The van der Waals surface area contributed by atoms with Crippen molar-refractivity contribution in [2.24, 2.45) is 4.99 Å². The lowest BCUT2D eigenvalue weighted by atomic mass is 10.2. The Morgan fingerprint density at radius 2 is 1.66 bits per heavy atom. The zero-order valence-electron chi connectivity index (χ0n) is 20.4. The summed E-state index contributed by atoms with van der Waals surface area (Å²) in [5.74, 6) is 2.62. The van der Waals surface area contributed by atoms with Crippen LogP contribution in [0.15, 0.2) is 23.2 Å². The number of aliphatic imine (C=N–C) groups is 1. The Balaban J connectivity index is 1.46. The predicted octanol–water partition coefficient (Wildman–Crippen LogP) is 1.47. The number of rotatable bonds is 10. The van der Waals surface area contributed by atoms with Gasteiger partial charge in [0.1, 0.15) is 11.5 Å². The summed E-state index contributed by atoms with van der Waals surface area (Å²) in [6, 6.07) is 6.51. The van der Waals surface area contributed by atoms with E-state index in [0.29, 0.717) is 6.04 Å². The number of likely N-dealkylation sites (tertiary alicyclic amines) is 1. The van der Waals surface area contributed by atoms with E-state index in [4.69, 9.17) is 14.5 Å². The first kappa shape index (κ1) is 24.6. The summed E-state index contributed by atoms with van der Waals surface area (Å²) in [6.45, 7) is 15.9. The van der Waals surface area contributed by atoms with Gasteiger partial charge in [-0.15, -0.1) is 0 Å². The lowest BCUT2D eigenvalue weighted by molar-refractivity contribution is 0.140. The SMILES string of the molecule is CCNC(=NCCN1CCN(CC)CC1)NC1CCN(Cc2cc(OC)cc(OC)c2)C1. The fourth-order valence-electron chi connectivity index (χ4n) is 4.46. The average molecular weight is 447 g/mol. The Bertz CT molecular complexity index is 698. The Morgan fingerprint density at radius 1 is 0.969 bits per heavy atom. The minimum Gasteiger partial charge on any atom is -0.497 e. The minimum atomic E-state index is 0.411. The molecule has 2 aliphatic heterocycles. The van der Waals surface area contributed by atoms with Gasteiger partial charge in [0.15, 0.2) is 5.96 Å². The van der Waals surface area contributed by atoms with Crippen molar-refractivity contribution < 1.29 is 9.47 Å². The summed E-state index contributed by atoms with van der Waals surface area (Å²) in [4.78, 5) is 12.4. The molecule has 1 aromatic carbocycles. The molecule has 2 heterocycles. The normalized spacial score (nSPS) is 21.0. The molecular weight excluding hydrogens is 404 g/mol. The van der Waals surface area contributed by atoms with Crippen LogP contribution in [0.1, 0.15) is 25.8 Å². The molecule has 2 saturated heterocycles. The van der Waals surface area contributed by atoms with Crippen LogP contribution in [0.2, 0.25) is 0 Å². The van der Waals surface area contributed by atoms with Gasteiger partial charge in [0.2, 0.25) is 0 Å². The highest BCUT2D eigenvalue weighted by Crippen LogP contribution is 2.24. The maximum atomic E-state index is 5.41. The Morgan fingerprint density at radius 3 is 2.28 bits per heavy atom. The molecule has 1 unspecified atom stereocenters. The summed E-state index contributed by atoms with van der Waals surface area (Å²) < 4.78 is 10.8. The summed E-state index contributed by atoms with van der Waals surface area (Å²) in [6.07, 6.45) is 1.12. The van der Waals surface area contributed by atoms with Crippen molar-refractivity contribution in [1.29, 1.82) is 0 Å². The van der Waals surface area contributed by atoms with E-state index >= 15 is 0 Å². The number of piperazine rings is 1. The van der Waals surface area contributed by atoms with Crippen LogP contribution in [0.4, 0.5) is 0 Å². The van der Waals surface area contributed by atoms with Crippen LogP contribution in [0.25, 0.3) is 0 Å². The second-order valence-corrected chi connectivity index (χ2v) is 8.62. The fourth-order valence-corrected chi connectivity index (χ4v) is 4.46. The minimum absolute atomic E-state index is 0.411. The number of hydrogen-bond donors (Lipinski definition) is 2. The zero-order valence-corrected chi connectivity index (χ0v) is 20.4. The van der Waals surface area contributed by atoms with Gasteiger partial charge in [0.05, 0.1) is 20.8 Å². The van der Waals surface area contributed by atoms with Crippen molar-refractivity contribution in [2.75, 3.05) is 79.7 Å². The lowest BCUT2D eigenvalue weighted by Gasteiger charge is -2.33. The molecule has 0 saturated carbocycles. The highest BCUT2D eigenvalue weighted by atomic mass is 16.5. The summed E-state index contributed by atoms with van der Waals surface area (Å²) >= 11 is 0. The van der Waals surface area contributed by atoms with E-state index in [1.165, 1.54) is 18.7 Å². The molecule has 2 aliphatic rings. The average Bonchev–Trinajstić information content (AvgIpc) is 3.25. The van der Waals surface area contributed by atoms with Crippen molar-refractivity contribution in [3.8, 4) is 11.5 Å². The maximum absolute atomic E-state index is 5.41. The van der Waals surface area contributed by atoms with Gasteiger partial charge in [-0.05, 0) is 37.6 Å². The first-order chi connectivity index (χ1) is 15.6. The molecule has 1 aromatic rings. The third-order valence-electron chi connectivity index (χ3n) is 6.37. The van der Waals surface area contributed by atoms with Crippen LogP contribution in [0.5, 0.6) is 11.5 Å². The number of nitrogens with one attached hydrogen (secondary N) is 2. The summed E-state index contributed by atoms with van der Waals surface area (Å²) in [5.41, 5.74) is 1.21. The van der Waals surface area contributed by atoms with Crippen molar-refractivity contribution in [2.45, 2.75) is 32.9 Å². The molecule has 0 spiro atoms. The fraction of sp³-hybridized carbons (Fsp3) is 0.708. The van der Waals surface area contributed by atoms with E-state index in [1.54, 1.807) is 14.2 Å². The van der Waals surface area contributed by atoms with Crippen molar-refractivity contribution >= 4 is 5.96 Å². The molecule has 8 heteroatoms. The number of benzene rings is 1. The summed E-state index contributed by atoms with van der Waals surface area (Å²) in [7, 11) is 3.39. The number of ether oxygens (including phenoxy) is 2. The molecule has 180 valence electrons. The molecule has 0 aromatic heterocycles. The molecule has 8 nitrogen and oxygen atoms in total. The summed E-state index contributed by atoms with van der Waals surface area (Å²) in [5, 5.41) is 7.07. The molecular formula is C24H42N6O2. The predicted molar refractivity (Wildman–Crippen MR) is 131 cm³/mol. The first-order valence-corrected chi connectivity index (χ1v) is 12.1. The van der Waals surface area contributed by atoms with Crippen molar-refractivity contribution in [3.63, 3.8) is 0 Å². The quantitative estimate of drug-likeness (QED) is 0.417. The molecule has 0 amide bonds. The lowest BCUT2D eigenvalue weighted by Crippen LogP contribution is -2.47. The second-order valence-electron chi connectivity index (χ2n) is 8.62. The maximum Gasteiger partial charge on any atom is 0.191 e. The van der Waals surface area contributed by atoms with Crippen LogP contribution in [0.3, 0.4) is 0 Å². The van der Waals surface area contributed by atoms with Crippen LogP contribution >= 0.6 is 0 Å². The van der Waals surface area contributed by atoms with Crippen LogP contribution < -0.4 is 20.1 Å². The van der Waals surface area contributed by atoms with Gasteiger partial charge in [-0.2, -0.15) is 0 Å². The number of likely N-dealkylation sites (N-methyl/N-ethyl adjacent to an activating group) is 1. The molecule has 2 fully saturated rings. The number of guanidine groups is 1. The van der Waals surface area contributed by atoms with E-state index in [2.05, 4.69) is 51.3 Å². The molecule has 0 aliphatic carbocycles. The van der Waals surface area contributed by atoms with Gasteiger partial charge in [-0.25, -0.2) is 0 Å². The second kappa shape index (κ2) is 12.9. The smallest absolute Gasteiger partial charge is 0.191 e. The third-order valence-corrected chi connectivity index (χ3v) is 6.37. The van der Waals surface area contributed by atoms with Gasteiger partial charge in [-0.1, -0.05) is 6.92 Å². The highest BCUT2D eigenvalue weighted by molar-refractivity contribution is 5.80. The van der Waals surface area contributed by atoms with Crippen LogP contribution in [0, 0.1) is 0 Å². The van der Waals surface area contributed by atoms with E-state index in [0.717, 1.165) is 82.8 Å². The van der Waals surface area contributed by atoms with E-state index in [9.17, 15) is 0 Å². The number of methoxy groups -OCH3 is 2. The highest BCUT2D eigenvalue weighted by Gasteiger charge is 2.23. The molecule has 1 atom stereocenters. The largest absolute Gasteiger partial charge is 0.497 e. The van der Waals surface area contributed by atoms with Gasteiger partial charge in [0.25, 0.3) is 0 Å². The van der Waals surface area contributed by atoms with Crippen LogP contribution in [-0.2, 0) is 6.54 Å². The first-order valence-electron chi connectivity index (χ1n) is 12.1. The van der Waals surface area contributed by atoms with Crippen molar-refractivity contribution in [3.05, 3.63) is 23.8 Å². The number of nitrogens with zero attached hydrogens (tertiary/aromatic N) is 4. The van der Waals surface area contributed by atoms with Gasteiger partial charge >= 0.3 is 0 Å². The van der Waals surface area contributed by atoms with E-state index < -0.39 is 0 Å². The topological polar surface area (TPSA) is 64.6 Å². The monoisotopic (exact) mass is 446 g/mol. The number of hydrogen-bond acceptors (Lipinski definition) is 6. The van der Waals surface area contributed by atoms with Gasteiger partial charge in [0, 0.05) is 71.0 Å². The van der Waals surface area contributed by atoms with Gasteiger partial charge in [-0.3, -0.25) is 14.8 Å².